The molecule has 0 bridgehead atoms. The van der Waals surface area contributed by atoms with E-state index in [4.69, 9.17) is 10.5 Å². The van der Waals surface area contributed by atoms with Crippen molar-refractivity contribution in [3.8, 4) is 0 Å². The van der Waals surface area contributed by atoms with Crippen LogP contribution in [0.25, 0.3) is 0 Å². The molecule has 2 aliphatic rings. The van der Waals surface area contributed by atoms with Crippen LogP contribution in [0, 0.1) is 5.92 Å². The van der Waals surface area contributed by atoms with Crippen molar-refractivity contribution in [3.05, 3.63) is 0 Å². The van der Waals surface area contributed by atoms with Crippen LogP contribution in [-0.4, -0.2) is 43.2 Å². The Balaban J connectivity index is 1.74. The summed E-state index contributed by atoms with van der Waals surface area (Å²) >= 11 is 0. The number of carbonyl (C=O) groups excluding carboxylic acids is 1. The molecule has 0 radical (unpaired) electrons. The number of likely N-dealkylation sites (tertiary alicyclic amines) is 1. The summed E-state index contributed by atoms with van der Waals surface area (Å²) in [5.41, 5.74) is 5.12. The zero-order valence-electron chi connectivity index (χ0n) is 6.32. The fraction of sp³-hybridized carbons (Fsp3) is 0.857. The summed E-state index contributed by atoms with van der Waals surface area (Å²) in [6.45, 7) is 3.32. The molecule has 2 rings (SSSR count). The van der Waals surface area contributed by atoms with Crippen LogP contribution >= 0.6 is 0 Å². The van der Waals surface area contributed by atoms with Crippen molar-refractivity contribution in [1.29, 1.82) is 0 Å². The summed E-state index contributed by atoms with van der Waals surface area (Å²) in [7, 11) is 0. The predicted octanol–water partition coefficient (Wildman–Crippen LogP) is -1.20. The smallest absolute Gasteiger partial charge is 0.223 e. The number of amides is 1. The van der Waals surface area contributed by atoms with E-state index in [-0.39, 0.29) is 11.8 Å². The van der Waals surface area contributed by atoms with Gasteiger partial charge in [-0.2, -0.15) is 0 Å². The first-order valence-electron chi connectivity index (χ1n) is 3.88. The van der Waals surface area contributed by atoms with Crippen LogP contribution in [0.15, 0.2) is 0 Å². The Labute approximate surface area is 65.3 Å². The fourth-order valence-corrected chi connectivity index (χ4v) is 1.42. The number of hydrogen-bond acceptors (Lipinski definition) is 3. The Bertz CT molecular complexity index is 173. The highest BCUT2D eigenvalue weighted by Gasteiger charge is 2.38. The number of carbonyl (C=O) groups is 1. The van der Waals surface area contributed by atoms with Crippen LogP contribution in [0.3, 0.4) is 0 Å². The summed E-state index contributed by atoms with van der Waals surface area (Å²) < 4.78 is 5.03. The number of nitrogens with two attached hydrogens (primary N) is 1. The van der Waals surface area contributed by atoms with E-state index in [0.29, 0.717) is 6.04 Å². The van der Waals surface area contributed by atoms with E-state index < -0.39 is 0 Å². The van der Waals surface area contributed by atoms with Crippen molar-refractivity contribution in [3.63, 3.8) is 0 Å². The molecule has 0 spiro atoms. The van der Waals surface area contributed by atoms with Gasteiger partial charge in [-0.1, -0.05) is 0 Å². The molecule has 4 nitrogen and oxygen atoms in total. The van der Waals surface area contributed by atoms with Crippen LogP contribution in [0.4, 0.5) is 0 Å². The second-order valence-corrected chi connectivity index (χ2v) is 3.24. The standard InChI is InChI=1S/C7H12N2O2/c8-7(10)5-1-9(2-5)6-3-11-4-6/h5-6H,1-4H2,(H2,8,10). The average molecular weight is 156 g/mol. The van der Waals surface area contributed by atoms with E-state index in [1.54, 1.807) is 0 Å². The largest absolute Gasteiger partial charge is 0.378 e. The van der Waals surface area contributed by atoms with Crippen LogP contribution < -0.4 is 5.73 Å². The quantitative estimate of drug-likeness (QED) is 0.546. The molecule has 2 fully saturated rings. The van der Waals surface area contributed by atoms with Gasteiger partial charge in [-0.25, -0.2) is 0 Å². The number of nitrogens with zero attached hydrogens (tertiary/aromatic N) is 1. The highest BCUT2D eigenvalue weighted by atomic mass is 16.5. The van der Waals surface area contributed by atoms with Crippen molar-refractivity contribution < 1.29 is 9.53 Å². The Morgan fingerprint density at radius 2 is 2.09 bits per heavy atom. The predicted molar refractivity (Wildman–Crippen MR) is 38.9 cm³/mol. The van der Waals surface area contributed by atoms with Gasteiger partial charge < -0.3 is 10.5 Å². The minimum atomic E-state index is -0.165. The summed E-state index contributed by atoms with van der Waals surface area (Å²) in [4.78, 5) is 12.9. The topological polar surface area (TPSA) is 55.6 Å². The molecular weight excluding hydrogens is 144 g/mol. The molecule has 2 heterocycles. The molecular formula is C7H12N2O2. The second-order valence-electron chi connectivity index (χ2n) is 3.24. The van der Waals surface area contributed by atoms with Crippen LogP contribution in [0.1, 0.15) is 0 Å². The van der Waals surface area contributed by atoms with Crippen molar-refractivity contribution >= 4 is 5.91 Å². The van der Waals surface area contributed by atoms with Gasteiger partial charge >= 0.3 is 0 Å². The first-order chi connectivity index (χ1) is 5.27. The third-order valence-corrected chi connectivity index (χ3v) is 2.45. The first-order valence-corrected chi connectivity index (χ1v) is 3.88. The number of primary amides is 1. The maximum atomic E-state index is 10.6. The Kier molecular flexibility index (Phi) is 1.58. The second kappa shape index (κ2) is 2.46. The monoisotopic (exact) mass is 156 g/mol. The van der Waals surface area contributed by atoms with E-state index in [2.05, 4.69) is 4.90 Å². The summed E-state index contributed by atoms with van der Waals surface area (Å²) in [5.74, 6) is -0.0721. The number of rotatable bonds is 2. The number of hydrogen-bond donors (Lipinski definition) is 1. The van der Waals surface area contributed by atoms with Gasteiger partial charge in [-0.3, -0.25) is 9.69 Å². The van der Waals surface area contributed by atoms with Gasteiger partial charge in [-0.15, -0.1) is 0 Å². The molecule has 0 aromatic rings. The zero-order valence-corrected chi connectivity index (χ0v) is 6.32. The summed E-state index contributed by atoms with van der Waals surface area (Å²) in [6.07, 6.45) is 0. The molecule has 2 N–H and O–H groups in total. The van der Waals surface area contributed by atoms with Crippen LogP contribution in [0.5, 0.6) is 0 Å². The van der Waals surface area contributed by atoms with Crippen LogP contribution in [0.2, 0.25) is 0 Å². The van der Waals surface area contributed by atoms with Gasteiger partial charge in [0.05, 0.1) is 25.2 Å². The Hall–Kier alpha value is -0.610. The van der Waals surface area contributed by atoms with E-state index in [9.17, 15) is 4.79 Å². The van der Waals surface area contributed by atoms with Gasteiger partial charge in [0.25, 0.3) is 0 Å². The average Bonchev–Trinajstić information content (AvgIpc) is 1.70. The molecule has 2 aliphatic heterocycles. The molecule has 11 heavy (non-hydrogen) atoms. The maximum absolute atomic E-state index is 10.6. The molecule has 62 valence electrons. The van der Waals surface area contributed by atoms with Crippen LogP contribution in [-0.2, 0) is 9.53 Å². The lowest BCUT2D eigenvalue weighted by atomic mass is 9.96. The zero-order chi connectivity index (χ0) is 7.84. The lowest BCUT2D eigenvalue weighted by Crippen LogP contribution is -2.61. The maximum Gasteiger partial charge on any atom is 0.223 e. The first kappa shape index (κ1) is 7.06. The molecule has 0 saturated carbocycles. The van der Waals surface area contributed by atoms with Gasteiger partial charge in [0.1, 0.15) is 0 Å². The fourth-order valence-electron chi connectivity index (χ4n) is 1.42. The molecule has 0 unspecified atom stereocenters. The van der Waals surface area contributed by atoms with Crippen molar-refractivity contribution in [2.45, 2.75) is 6.04 Å². The molecule has 0 aromatic heterocycles. The third-order valence-electron chi connectivity index (χ3n) is 2.45. The summed E-state index contributed by atoms with van der Waals surface area (Å²) in [6, 6.07) is 0.561. The van der Waals surface area contributed by atoms with E-state index in [1.807, 2.05) is 0 Å². The highest BCUT2D eigenvalue weighted by Crippen LogP contribution is 2.21. The van der Waals surface area contributed by atoms with E-state index in [1.165, 1.54) is 0 Å². The molecule has 4 heteroatoms. The lowest BCUT2D eigenvalue weighted by Gasteiger charge is -2.46. The summed E-state index contributed by atoms with van der Waals surface area (Å²) in [5, 5.41) is 0. The Morgan fingerprint density at radius 1 is 1.45 bits per heavy atom. The van der Waals surface area contributed by atoms with Gasteiger partial charge in [0.15, 0.2) is 0 Å². The lowest BCUT2D eigenvalue weighted by molar-refractivity contribution is -0.137. The van der Waals surface area contributed by atoms with Gasteiger partial charge in [0, 0.05) is 13.1 Å². The molecule has 0 atom stereocenters. The minimum absolute atomic E-state index is 0.0931. The van der Waals surface area contributed by atoms with E-state index in [0.717, 1.165) is 26.3 Å². The third kappa shape index (κ3) is 1.12. The van der Waals surface area contributed by atoms with Gasteiger partial charge in [-0.05, 0) is 0 Å². The van der Waals surface area contributed by atoms with Crippen molar-refractivity contribution in [2.24, 2.45) is 11.7 Å². The highest BCUT2D eigenvalue weighted by molar-refractivity contribution is 5.78. The number of ether oxygens (including phenoxy) is 1. The van der Waals surface area contributed by atoms with Crippen molar-refractivity contribution in [1.82, 2.24) is 4.90 Å². The Morgan fingerprint density at radius 3 is 2.45 bits per heavy atom. The minimum Gasteiger partial charge on any atom is -0.378 e. The van der Waals surface area contributed by atoms with E-state index >= 15 is 0 Å². The molecule has 0 aromatic carbocycles. The SMILES string of the molecule is NC(=O)C1CN(C2COC2)C1. The van der Waals surface area contributed by atoms with Crippen molar-refractivity contribution in [2.75, 3.05) is 26.3 Å². The van der Waals surface area contributed by atoms with Gasteiger partial charge in [0.2, 0.25) is 5.91 Å². The molecule has 1 amide bonds. The normalized spacial score (nSPS) is 27.6. The molecule has 0 aliphatic carbocycles. The molecule has 2 saturated heterocycles.